The van der Waals surface area contributed by atoms with Crippen LogP contribution in [0, 0.1) is 40.0 Å². The van der Waals surface area contributed by atoms with Crippen LogP contribution >= 0.6 is 11.6 Å². The fraction of sp³-hybridized carbons (Fsp3) is 0.400. The standard InChI is InChI=1S/C15H15N3O4.C9H6ClN3O2.C6H10O2/c1-9-6-10-11(7-16-9)17-8-12(18(20)21)13(10)15(4-3-5-15)14(19)22-2;1-5-2-6-7(3-11-5)12-4-8(9(6)10)13(14)15;1-8-6(7)5-3-2-4-5/h6-8H,3-5H2,1-2H3;2-4H,1H3;5H,2-4H2,1H3. The third kappa shape index (κ3) is 6.80. The molecule has 0 N–H and O–H groups in total. The molecule has 2 saturated carbocycles. The Morgan fingerprint density at radius 2 is 1.36 bits per heavy atom. The number of nitrogens with zero attached hydrogens (tertiary/aromatic N) is 6. The van der Waals surface area contributed by atoms with Crippen molar-refractivity contribution in [2.45, 2.75) is 57.8 Å². The highest BCUT2D eigenvalue weighted by atomic mass is 35.5. The SMILES string of the molecule is COC(=O)C1(c2c([N+](=O)[O-])cnc3cnc(C)cc23)CCC1.COC(=O)C1CCC1.Cc1cc2c(Cl)c([N+](=O)[O-])cnc2cn1. The highest BCUT2D eigenvalue weighted by Gasteiger charge is 2.51. The summed E-state index contributed by atoms with van der Waals surface area (Å²) in [5.74, 6) is -0.222. The fourth-order valence-electron chi connectivity index (χ4n) is 5.21. The van der Waals surface area contributed by atoms with Crippen LogP contribution in [0.5, 0.6) is 0 Å². The van der Waals surface area contributed by atoms with Crippen molar-refractivity contribution in [3.63, 3.8) is 0 Å². The van der Waals surface area contributed by atoms with E-state index in [1.165, 1.54) is 26.8 Å². The van der Waals surface area contributed by atoms with Gasteiger partial charge in [0.15, 0.2) is 0 Å². The van der Waals surface area contributed by atoms with E-state index in [0.717, 1.165) is 36.8 Å². The molecule has 2 aliphatic rings. The first-order chi connectivity index (χ1) is 21.4. The second-order valence-electron chi connectivity index (χ2n) is 10.8. The first kappa shape index (κ1) is 33.1. The summed E-state index contributed by atoms with van der Waals surface area (Å²) in [6.45, 7) is 3.59. The lowest BCUT2D eigenvalue weighted by Gasteiger charge is -2.39. The Bertz CT molecular complexity index is 1790. The molecule has 6 rings (SSSR count). The molecule has 4 heterocycles. The van der Waals surface area contributed by atoms with E-state index in [-0.39, 0.29) is 28.3 Å². The fourth-order valence-corrected chi connectivity index (χ4v) is 5.48. The topological polar surface area (TPSA) is 190 Å². The predicted octanol–water partition coefficient (Wildman–Crippen LogP) is 5.90. The maximum absolute atomic E-state index is 12.3. The molecule has 0 saturated heterocycles. The third-order valence-electron chi connectivity index (χ3n) is 7.97. The van der Waals surface area contributed by atoms with Crippen LogP contribution in [0.1, 0.15) is 55.5 Å². The van der Waals surface area contributed by atoms with E-state index in [0.29, 0.717) is 40.2 Å². The van der Waals surface area contributed by atoms with Crippen LogP contribution in [0.25, 0.3) is 21.8 Å². The number of methoxy groups -OCH3 is 2. The van der Waals surface area contributed by atoms with Crippen molar-refractivity contribution in [2.24, 2.45) is 5.92 Å². The Morgan fingerprint density at radius 1 is 0.822 bits per heavy atom. The van der Waals surface area contributed by atoms with Gasteiger partial charge in [0.2, 0.25) is 0 Å². The number of hydrogen-bond donors (Lipinski definition) is 0. The van der Waals surface area contributed by atoms with E-state index in [2.05, 4.69) is 24.7 Å². The number of carbonyl (C=O) groups excluding carboxylic acids is 2. The molecule has 0 aliphatic heterocycles. The van der Waals surface area contributed by atoms with Crippen molar-refractivity contribution in [1.29, 1.82) is 0 Å². The van der Waals surface area contributed by atoms with Gasteiger partial charge in [-0.15, -0.1) is 0 Å². The van der Waals surface area contributed by atoms with Gasteiger partial charge in [0.25, 0.3) is 5.69 Å². The van der Waals surface area contributed by atoms with Crippen molar-refractivity contribution in [3.8, 4) is 0 Å². The van der Waals surface area contributed by atoms with Crippen molar-refractivity contribution < 1.29 is 28.9 Å². The molecule has 0 aromatic carbocycles. The number of halogens is 1. The zero-order valence-corrected chi connectivity index (χ0v) is 25.9. The monoisotopic (exact) mass is 638 g/mol. The van der Waals surface area contributed by atoms with E-state index >= 15 is 0 Å². The summed E-state index contributed by atoms with van der Waals surface area (Å²) in [5.41, 5.74) is 1.69. The molecule has 15 heteroatoms. The molecular formula is C30H31ClN6O8. The number of esters is 2. The van der Waals surface area contributed by atoms with Crippen LogP contribution in [0.2, 0.25) is 5.02 Å². The molecule has 45 heavy (non-hydrogen) atoms. The van der Waals surface area contributed by atoms with Gasteiger partial charge >= 0.3 is 17.6 Å². The lowest BCUT2D eigenvalue weighted by molar-refractivity contribution is -0.386. The number of hydrogen-bond acceptors (Lipinski definition) is 12. The van der Waals surface area contributed by atoms with Gasteiger partial charge in [-0.1, -0.05) is 24.4 Å². The van der Waals surface area contributed by atoms with Gasteiger partial charge in [-0.25, -0.2) is 9.97 Å². The zero-order valence-electron chi connectivity index (χ0n) is 25.1. The van der Waals surface area contributed by atoms with Crippen molar-refractivity contribution in [2.75, 3.05) is 14.2 Å². The van der Waals surface area contributed by atoms with Crippen LogP contribution in [0.4, 0.5) is 11.4 Å². The van der Waals surface area contributed by atoms with Gasteiger partial charge in [-0.05, 0) is 51.7 Å². The molecule has 4 aromatic rings. The highest BCUT2D eigenvalue weighted by Crippen LogP contribution is 2.50. The summed E-state index contributed by atoms with van der Waals surface area (Å²) in [6.07, 6.45) is 10.6. The van der Waals surface area contributed by atoms with Crippen LogP contribution in [0.15, 0.2) is 36.9 Å². The zero-order chi connectivity index (χ0) is 32.9. The van der Waals surface area contributed by atoms with Crippen LogP contribution in [-0.2, 0) is 24.5 Å². The van der Waals surface area contributed by atoms with E-state index in [1.807, 2.05) is 0 Å². The highest BCUT2D eigenvalue weighted by molar-refractivity contribution is 6.37. The quantitative estimate of drug-likeness (QED) is 0.143. The van der Waals surface area contributed by atoms with Crippen molar-refractivity contribution >= 4 is 56.7 Å². The smallest absolute Gasteiger partial charge is 0.316 e. The molecule has 0 bridgehead atoms. The molecule has 0 spiro atoms. The Labute approximate surface area is 262 Å². The number of aryl methyl sites for hydroxylation is 2. The average molecular weight is 639 g/mol. The molecule has 2 fully saturated rings. The van der Waals surface area contributed by atoms with Crippen LogP contribution < -0.4 is 0 Å². The summed E-state index contributed by atoms with van der Waals surface area (Å²) in [4.78, 5) is 60.2. The molecule has 236 valence electrons. The largest absolute Gasteiger partial charge is 0.469 e. The first-order valence-corrected chi connectivity index (χ1v) is 14.4. The minimum Gasteiger partial charge on any atom is -0.469 e. The maximum atomic E-state index is 12.3. The second kappa shape index (κ2) is 13.8. The minimum atomic E-state index is -0.952. The lowest BCUT2D eigenvalue weighted by Crippen LogP contribution is -2.44. The summed E-state index contributed by atoms with van der Waals surface area (Å²) in [7, 11) is 2.76. The third-order valence-corrected chi connectivity index (χ3v) is 8.37. The molecular weight excluding hydrogens is 608 g/mol. The Hall–Kier alpha value is -4.85. The number of ether oxygens (including phenoxy) is 2. The number of rotatable bonds is 5. The Morgan fingerprint density at radius 3 is 1.78 bits per heavy atom. The van der Waals surface area contributed by atoms with Crippen molar-refractivity contribution in [1.82, 2.24) is 19.9 Å². The molecule has 0 atom stereocenters. The lowest BCUT2D eigenvalue weighted by atomic mass is 9.63. The molecule has 2 aliphatic carbocycles. The molecule has 14 nitrogen and oxygen atoms in total. The second-order valence-corrected chi connectivity index (χ2v) is 11.1. The molecule has 0 radical (unpaired) electrons. The summed E-state index contributed by atoms with van der Waals surface area (Å²) < 4.78 is 9.44. The Balaban J connectivity index is 0.000000172. The molecule has 0 amide bonds. The predicted molar refractivity (Wildman–Crippen MR) is 164 cm³/mol. The van der Waals surface area contributed by atoms with Crippen LogP contribution in [-0.4, -0.2) is 55.9 Å². The number of aromatic nitrogens is 4. The van der Waals surface area contributed by atoms with Gasteiger partial charge < -0.3 is 9.47 Å². The number of nitro groups is 2. The number of carbonyl (C=O) groups is 2. The van der Waals surface area contributed by atoms with Gasteiger partial charge in [0.05, 0.1) is 59.0 Å². The number of fused-ring (bicyclic) bond motifs is 2. The molecule has 4 aromatic heterocycles. The normalized spacial score (nSPS) is 14.9. The number of pyridine rings is 4. The van der Waals surface area contributed by atoms with E-state index in [9.17, 15) is 29.8 Å². The van der Waals surface area contributed by atoms with Gasteiger partial charge in [-0.2, -0.15) is 0 Å². The van der Waals surface area contributed by atoms with E-state index in [4.69, 9.17) is 16.3 Å². The maximum Gasteiger partial charge on any atom is 0.316 e. The summed E-state index contributed by atoms with van der Waals surface area (Å²) in [6, 6.07) is 3.42. The van der Waals surface area contributed by atoms with Crippen LogP contribution in [0.3, 0.4) is 0 Å². The van der Waals surface area contributed by atoms with Gasteiger partial charge in [-0.3, -0.25) is 39.8 Å². The average Bonchev–Trinajstić information content (AvgIpc) is 2.96. The van der Waals surface area contributed by atoms with E-state index < -0.39 is 21.2 Å². The minimum absolute atomic E-state index is 0.0312. The van der Waals surface area contributed by atoms with Crippen molar-refractivity contribution in [3.05, 3.63) is 79.1 Å². The summed E-state index contributed by atoms with van der Waals surface area (Å²) >= 11 is 5.90. The summed E-state index contributed by atoms with van der Waals surface area (Å²) in [5, 5.41) is 23.3. The van der Waals surface area contributed by atoms with Gasteiger partial charge in [0.1, 0.15) is 22.8 Å². The Kier molecular flexibility index (Phi) is 10.2. The first-order valence-electron chi connectivity index (χ1n) is 14.0. The van der Waals surface area contributed by atoms with Gasteiger partial charge in [0, 0.05) is 22.2 Å². The van der Waals surface area contributed by atoms with E-state index in [1.54, 1.807) is 38.4 Å². The molecule has 0 unspecified atom stereocenters.